The molecular formula is C14H20ClN3O3. The minimum atomic E-state index is -0.951. The summed E-state index contributed by atoms with van der Waals surface area (Å²) >= 11 is 5.77. The second-order valence-electron chi connectivity index (χ2n) is 4.96. The molecular weight excluding hydrogens is 294 g/mol. The normalized spacial score (nSPS) is 10.9. The summed E-state index contributed by atoms with van der Waals surface area (Å²) < 4.78 is 0. The highest BCUT2D eigenvalue weighted by molar-refractivity contribution is 6.30. The Balaban J connectivity index is 2.53. The van der Waals surface area contributed by atoms with E-state index in [0.717, 1.165) is 0 Å². The lowest BCUT2D eigenvalue weighted by Gasteiger charge is -2.21. The largest absolute Gasteiger partial charge is 0.480 e. The van der Waals surface area contributed by atoms with Crippen molar-refractivity contribution < 1.29 is 14.7 Å². The first-order valence-corrected chi connectivity index (χ1v) is 6.89. The standard InChI is InChI=1S/C14H20ClN3O3/c1-17(2)7-8-18(10-14(20)21)9-13(19)16-12-5-3-11(15)4-6-12/h3-6H,7-10H2,1-2H3,(H,16,19)(H,20,21). The summed E-state index contributed by atoms with van der Waals surface area (Å²) in [5, 5.41) is 12.2. The minimum Gasteiger partial charge on any atom is -0.480 e. The maximum absolute atomic E-state index is 11.9. The minimum absolute atomic E-state index is 0.0305. The number of likely N-dealkylation sites (N-methyl/N-ethyl adjacent to an activating group) is 1. The quantitative estimate of drug-likeness (QED) is 0.755. The zero-order valence-electron chi connectivity index (χ0n) is 12.2. The summed E-state index contributed by atoms with van der Waals surface area (Å²) in [6.07, 6.45) is 0. The van der Waals surface area contributed by atoms with Gasteiger partial charge in [-0.05, 0) is 38.4 Å². The lowest BCUT2D eigenvalue weighted by Crippen LogP contribution is -2.40. The van der Waals surface area contributed by atoms with E-state index in [9.17, 15) is 9.59 Å². The molecule has 0 radical (unpaired) electrons. The molecule has 0 saturated carbocycles. The summed E-state index contributed by atoms with van der Waals surface area (Å²) in [5.41, 5.74) is 0.632. The predicted octanol–water partition coefficient (Wildman–Crippen LogP) is 1.23. The third-order valence-corrected chi connectivity index (χ3v) is 2.97. The van der Waals surface area contributed by atoms with Crippen LogP contribution >= 0.6 is 11.6 Å². The topological polar surface area (TPSA) is 72.9 Å². The van der Waals surface area contributed by atoms with Crippen LogP contribution in [0.15, 0.2) is 24.3 Å². The van der Waals surface area contributed by atoms with Crippen molar-refractivity contribution in [3.63, 3.8) is 0 Å². The van der Waals surface area contributed by atoms with Gasteiger partial charge >= 0.3 is 5.97 Å². The fourth-order valence-corrected chi connectivity index (χ4v) is 1.81. The van der Waals surface area contributed by atoms with Crippen LogP contribution in [0.3, 0.4) is 0 Å². The number of carbonyl (C=O) groups is 2. The van der Waals surface area contributed by atoms with Gasteiger partial charge in [0.25, 0.3) is 0 Å². The lowest BCUT2D eigenvalue weighted by molar-refractivity contribution is -0.138. The van der Waals surface area contributed by atoms with Crippen LogP contribution in [0.1, 0.15) is 0 Å². The lowest BCUT2D eigenvalue weighted by atomic mass is 10.3. The molecule has 0 aliphatic rings. The smallest absolute Gasteiger partial charge is 0.317 e. The Morgan fingerprint density at radius 1 is 1.14 bits per heavy atom. The number of nitrogens with zero attached hydrogens (tertiary/aromatic N) is 2. The molecule has 0 aliphatic carbocycles. The van der Waals surface area contributed by atoms with Crippen molar-refractivity contribution in [1.29, 1.82) is 0 Å². The zero-order valence-corrected chi connectivity index (χ0v) is 12.9. The van der Waals surface area contributed by atoms with E-state index in [0.29, 0.717) is 23.8 Å². The van der Waals surface area contributed by atoms with Gasteiger partial charge in [-0.3, -0.25) is 14.5 Å². The van der Waals surface area contributed by atoms with Crippen LogP contribution in [0.4, 0.5) is 5.69 Å². The number of hydrogen-bond acceptors (Lipinski definition) is 4. The number of benzene rings is 1. The van der Waals surface area contributed by atoms with Crippen LogP contribution in [0.25, 0.3) is 0 Å². The Labute approximate surface area is 129 Å². The summed E-state index contributed by atoms with van der Waals surface area (Å²) in [6.45, 7) is 1.06. The van der Waals surface area contributed by atoms with Crippen LogP contribution < -0.4 is 5.32 Å². The number of amides is 1. The molecule has 1 amide bonds. The molecule has 1 aromatic rings. The number of anilines is 1. The number of hydrogen-bond donors (Lipinski definition) is 2. The van der Waals surface area contributed by atoms with Crippen LogP contribution in [-0.4, -0.2) is 67.1 Å². The highest BCUT2D eigenvalue weighted by Gasteiger charge is 2.14. The Morgan fingerprint density at radius 2 is 1.76 bits per heavy atom. The number of rotatable bonds is 8. The second kappa shape index (κ2) is 8.61. The molecule has 0 aromatic heterocycles. The summed E-state index contributed by atoms with van der Waals surface area (Å²) in [7, 11) is 3.79. The van der Waals surface area contributed by atoms with E-state index in [2.05, 4.69) is 5.32 Å². The molecule has 0 fully saturated rings. The van der Waals surface area contributed by atoms with Gasteiger partial charge in [-0.1, -0.05) is 11.6 Å². The van der Waals surface area contributed by atoms with Crippen molar-refractivity contribution in [3.05, 3.63) is 29.3 Å². The van der Waals surface area contributed by atoms with Crippen LogP contribution in [-0.2, 0) is 9.59 Å². The van der Waals surface area contributed by atoms with Crippen molar-refractivity contribution in [1.82, 2.24) is 9.80 Å². The van der Waals surface area contributed by atoms with E-state index in [1.54, 1.807) is 29.2 Å². The molecule has 116 valence electrons. The summed E-state index contributed by atoms with van der Waals surface area (Å²) in [6, 6.07) is 6.75. The predicted molar refractivity (Wildman–Crippen MR) is 82.7 cm³/mol. The summed E-state index contributed by atoms with van der Waals surface area (Å²) in [5.74, 6) is -1.20. The van der Waals surface area contributed by atoms with Gasteiger partial charge in [0, 0.05) is 23.8 Å². The van der Waals surface area contributed by atoms with Gasteiger partial charge in [-0.2, -0.15) is 0 Å². The van der Waals surface area contributed by atoms with Crippen LogP contribution in [0.5, 0.6) is 0 Å². The number of nitrogens with one attached hydrogen (secondary N) is 1. The van der Waals surface area contributed by atoms with Crippen LogP contribution in [0.2, 0.25) is 5.02 Å². The van der Waals surface area contributed by atoms with E-state index < -0.39 is 5.97 Å². The molecule has 6 nitrogen and oxygen atoms in total. The van der Waals surface area contributed by atoms with E-state index in [1.807, 2.05) is 19.0 Å². The third kappa shape index (κ3) is 7.65. The van der Waals surface area contributed by atoms with E-state index in [4.69, 9.17) is 16.7 Å². The third-order valence-electron chi connectivity index (χ3n) is 2.72. The van der Waals surface area contributed by atoms with Gasteiger partial charge in [0.15, 0.2) is 0 Å². The highest BCUT2D eigenvalue weighted by atomic mass is 35.5. The van der Waals surface area contributed by atoms with Gasteiger partial charge in [-0.15, -0.1) is 0 Å². The second-order valence-corrected chi connectivity index (χ2v) is 5.40. The van der Waals surface area contributed by atoms with Gasteiger partial charge in [-0.25, -0.2) is 0 Å². The number of halogens is 1. The number of carboxylic acids is 1. The molecule has 0 heterocycles. The average Bonchev–Trinajstić information content (AvgIpc) is 2.38. The Morgan fingerprint density at radius 3 is 2.29 bits per heavy atom. The first kappa shape index (κ1) is 17.4. The molecule has 0 bridgehead atoms. The monoisotopic (exact) mass is 313 g/mol. The number of carboxylic acid groups (broad SMARTS) is 1. The first-order chi connectivity index (χ1) is 9.86. The van der Waals surface area contributed by atoms with Crippen LogP contribution in [0, 0.1) is 0 Å². The Kier molecular flexibility index (Phi) is 7.14. The van der Waals surface area contributed by atoms with Crippen molar-refractivity contribution in [2.45, 2.75) is 0 Å². The average molecular weight is 314 g/mol. The molecule has 1 rings (SSSR count). The Bertz CT molecular complexity index is 477. The molecule has 21 heavy (non-hydrogen) atoms. The van der Waals surface area contributed by atoms with E-state index in [-0.39, 0.29) is 19.0 Å². The van der Waals surface area contributed by atoms with Gasteiger partial charge in [0.05, 0.1) is 13.1 Å². The van der Waals surface area contributed by atoms with Crippen molar-refractivity contribution in [2.75, 3.05) is 45.6 Å². The fourth-order valence-electron chi connectivity index (χ4n) is 1.68. The maximum atomic E-state index is 11.9. The Hall–Kier alpha value is -1.63. The van der Waals surface area contributed by atoms with Crippen molar-refractivity contribution in [2.24, 2.45) is 0 Å². The fraction of sp³-hybridized carbons (Fsp3) is 0.429. The maximum Gasteiger partial charge on any atom is 0.317 e. The SMILES string of the molecule is CN(C)CCN(CC(=O)O)CC(=O)Nc1ccc(Cl)cc1. The van der Waals surface area contributed by atoms with Crippen molar-refractivity contribution >= 4 is 29.2 Å². The number of aliphatic carboxylic acids is 1. The molecule has 1 aromatic carbocycles. The molecule has 0 aliphatic heterocycles. The number of carbonyl (C=O) groups excluding carboxylic acids is 1. The van der Waals surface area contributed by atoms with E-state index >= 15 is 0 Å². The van der Waals surface area contributed by atoms with Gasteiger partial charge < -0.3 is 15.3 Å². The van der Waals surface area contributed by atoms with E-state index in [1.165, 1.54) is 0 Å². The first-order valence-electron chi connectivity index (χ1n) is 6.51. The van der Waals surface area contributed by atoms with Crippen molar-refractivity contribution in [3.8, 4) is 0 Å². The molecule has 2 N–H and O–H groups in total. The zero-order chi connectivity index (χ0) is 15.8. The molecule has 0 spiro atoms. The summed E-state index contributed by atoms with van der Waals surface area (Å²) in [4.78, 5) is 26.3. The van der Waals surface area contributed by atoms with Gasteiger partial charge in [0.2, 0.25) is 5.91 Å². The molecule has 7 heteroatoms. The van der Waals surface area contributed by atoms with Gasteiger partial charge in [0.1, 0.15) is 0 Å². The molecule has 0 saturated heterocycles. The highest BCUT2D eigenvalue weighted by Crippen LogP contribution is 2.13. The molecule has 0 unspecified atom stereocenters. The molecule has 0 atom stereocenters.